The second kappa shape index (κ2) is 7.31. The fourth-order valence-corrected chi connectivity index (χ4v) is 3.25. The molecule has 1 aliphatic heterocycles. The number of nitriles is 1. The summed E-state index contributed by atoms with van der Waals surface area (Å²) in [6.45, 7) is 3.08. The summed E-state index contributed by atoms with van der Waals surface area (Å²) in [6, 6.07) is 1.95. The van der Waals surface area contributed by atoms with Gasteiger partial charge in [-0.15, -0.1) is 5.10 Å². The van der Waals surface area contributed by atoms with E-state index in [9.17, 15) is 4.79 Å². The van der Waals surface area contributed by atoms with Crippen LogP contribution < -0.4 is 4.74 Å². The van der Waals surface area contributed by atoms with Gasteiger partial charge in [0.1, 0.15) is 17.1 Å². The molecule has 2 aromatic rings. The van der Waals surface area contributed by atoms with Crippen molar-refractivity contribution in [2.75, 3.05) is 13.1 Å². The largest absolute Gasteiger partial charge is 0.470 e. The van der Waals surface area contributed by atoms with Crippen LogP contribution in [0.2, 0.25) is 0 Å². The number of hydrogen-bond acceptors (Lipinski definition) is 8. The molecule has 8 nitrogen and oxygen atoms in total. The number of likely N-dealkylation sites (tertiary alicyclic amines) is 1. The second-order valence-corrected chi connectivity index (χ2v) is 6.15. The zero-order chi connectivity index (χ0) is 16.9. The fourth-order valence-electron chi connectivity index (χ4n) is 2.57. The van der Waals surface area contributed by atoms with Crippen molar-refractivity contribution >= 4 is 17.4 Å². The van der Waals surface area contributed by atoms with E-state index in [1.54, 1.807) is 4.90 Å². The van der Waals surface area contributed by atoms with Crippen LogP contribution in [0.3, 0.4) is 0 Å². The predicted molar refractivity (Wildman–Crippen MR) is 85.6 cm³/mol. The Labute approximate surface area is 143 Å². The molecule has 0 saturated carbocycles. The number of carbonyl (C=O) groups is 1. The third-order valence-electron chi connectivity index (χ3n) is 3.72. The number of ether oxygens (including phenoxy) is 1. The van der Waals surface area contributed by atoms with E-state index in [4.69, 9.17) is 10.00 Å². The van der Waals surface area contributed by atoms with Crippen LogP contribution in [0, 0.1) is 11.3 Å². The molecule has 0 aliphatic carbocycles. The molecule has 0 spiro atoms. The summed E-state index contributed by atoms with van der Waals surface area (Å²) in [7, 11) is 0. The van der Waals surface area contributed by atoms with Gasteiger partial charge in [0.25, 0.3) is 11.8 Å². The molecular formula is C15H16N6O2S. The molecule has 2 aromatic heterocycles. The van der Waals surface area contributed by atoms with Crippen molar-refractivity contribution in [2.45, 2.75) is 32.3 Å². The number of nitrogens with zero attached hydrogens (tertiary/aromatic N) is 6. The molecule has 9 heteroatoms. The van der Waals surface area contributed by atoms with Crippen molar-refractivity contribution in [3.05, 3.63) is 28.7 Å². The molecule has 0 aromatic carbocycles. The second-order valence-electron chi connectivity index (χ2n) is 5.40. The zero-order valence-corrected chi connectivity index (χ0v) is 14.0. The van der Waals surface area contributed by atoms with Crippen LogP contribution in [0.15, 0.2) is 12.4 Å². The molecule has 0 radical (unpaired) electrons. The van der Waals surface area contributed by atoms with E-state index < -0.39 is 0 Å². The van der Waals surface area contributed by atoms with E-state index in [2.05, 4.69) is 19.6 Å². The van der Waals surface area contributed by atoms with E-state index in [0.717, 1.165) is 30.1 Å². The Morgan fingerprint density at radius 1 is 1.50 bits per heavy atom. The minimum Gasteiger partial charge on any atom is -0.470 e. The first-order valence-electron chi connectivity index (χ1n) is 7.71. The third kappa shape index (κ3) is 3.33. The van der Waals surface area contributed by atoms with Crippen molar-refractivity contribution < 1.29 is 9.53 Å². The summed E-state index contributed by atoms with van der Waals surface area (Å²) in [5.41, 5.74) is 0.914. The maximum atomic E-state index is 12.6. The fraction of sp³-hybridized carbons (Fsp3) is 0.467. The van der Waals surface area contributed by atoms with Gasteiger partial charge < -0.3 is 9.64 Å². The standard InChI is InChI=1S/C15H16N6O2S/c1-2-3-11-13(24-20-19-11)15(22)21-7-4-10(9-21)23-14-12(8-16)17-5-6-18-14/h5-6,10H,2-4,7,9H2,1H3. The number of aromatic nitrogens is 4. The molecule has 0 N–H and O–H groups in total. The van der Waals surface area contributed by atoms with Gasteiger partial charge in [-0.1, -0.05) is 17.8 Å². The summed E-state index contributed by atoms with van der Waals surface area (Å²) in [6.07, 6.45) is 5.07. The highest BCUT2D eigenvalue weighted by Gasteiger charge is 2.31. The van der Waals surface area contributed by atoms with Crippen molar-refractivity contribution in [3.63, 3.8) is 0 Å². The molecule has 124 valence electrons. The summed E-state index contributed by atoms with van der Waals surface area (Å²) >= 11 is 1.14. The van der Waals surface area contributed by atoms with E-state index in [1.165, 1.54) is 12.4 Å². The SMILES string of the molecule is CCCc1nnsc1C(=O)N1CCC(Oc2nccnc2C#N)C1. The average Bonchev–Trinajstić information content (AvgIpc) is 3.25. The average molecular weight is 344 g/mol. The first kappa shape index (κ1) is 16.3. The highest BCUT2D eigenvalue weighted by molar-refractivity contribution is 7.08. The van der Waals surface area contributed by atoms with Gasteiger partial charge in [0, 0.05) is 25.4 Å². The lowest BCUT2D eigenvalue weighted by Crippen LogP contribution is -2.31. The minimum absolute atomic E-state index is 0.0563. The molecule has 1 aliphatic rings. The molecule has 24 heavy (non-hydrogen) atoms. The Balaban J connectivity index is 1.66. The predicted octanol–water partition coefficient (Wildman–Crippen LogP) is 1.45. The maximum absolute atomic E-state index is 12.6. The summed E-state index contributed by atoms with van der Waals surface area (Å²) in [5, 5.41) is 13.1. The lowest BCUT2D eigenvalue weighted by molar-refractivity contribution is 0.0774. The Bertz CT molecular complexity index is 771. The van der Waals surface area contributed by atoms with E-state index in [1.807, 2.05) is 13.0 Å². The Morgan fingerprint density at radius 3 is 3.12 bits per heavy atom. The van der Waals surface area contributed by atoms with Crippen molar-refractivity contribution in [2.24, 2.45) is 0 Å². The first-order valence-corrected chi connectivity index (χ1v) is 8.48. The van der Waals surface area contributed by atoms with E-state index in [0.29, 0.717) is 24.4 Å². The van der Waals surface area contributed by atoms with Gasteiger partial charge in [-0.05, 0) is 18.0 Å². The van der Waals surface area contributed by atoms with Crippen LogP contribution in [0.5, 0.6) is 5.88 Å². The van der Waals surface area contributed by atoms with Crippen molar-refractivity contribution in [1.29, 1.82) is 5.26 Å². The minimum atomic E-state index is -0.201. The van der Waals surface area contributed by atoms with Crippen LogP contribution >= 0.6 is 11.5 Å². The monoisotopic (exact) mass is 344 g/mol. The van der Waals surface area contributed by atoms with E-state index >= 15 is 0 Å². The highest BCUT2D eigenvalue weighted by atomic mass is 32.1. The summed E-state index contributed by atoms with van der Waals surface area (Å²) in [4.78, 5) is 23.0. The number of rotatable bonds is 5. The Morgan fingerprint density at radius 2 is 2.33 bits per heavy atom. The number of carbonyl (C=O) groups excluding carboxylic acids is 1. The van der Waals surface area contributed by atoms with Crippen LogP contribution in [-0.4, -0.2) is 49.6 Å². The molecule has 3 heterocycles. The van der Waals surface area contributed by atoms with Gasteiger partial charge in [-0.25, -0.2) is 9.97 Å². The van der Waals surface area contributed by atoms with Gasteiger partial charge in [0.05, 0.1) is 12.2 Å². The van der Waals surface area contributed by atoms with Crippen LogP contribution in [0.4, 0.5) is 0 Å². The van der Waals surface area contributed by atoms with Crippen molar-refractivity contribution in [1.82, 2.24) is 24.5 Å². The Kier molecular flexibility index (Phi) is 4.96. The van der Waals surface area contributed by atoms with Gasteiger partial charge in [-0.3, -0.25) is 4.79 Å². The number of aryl methyl sites for hydroxylation is 1. The number of amides is 1. The molecule has 1 fully saturated rings. The summed E-state index contributed by atoms with van der Waals surface area (Å²) < 4.78 is 9.66. The van der Waals surface area contributed by atoms with Gasteiger partial charge in [0.2, 0.25) is 5.69 Å². The molecule has 1 saturated heterocycles. The normalized spacial score (nSPS) is 16.8. The molecule has 1 atom stereocenters. The lowest BCUT2D eigenvalue weighted by atomic mass is 10.2. The zero-order valence-electron chi connectivity index (χ0n) is 13.2. The van der Waals surface area contributed by atoms with Gasteiger partial charge in [0.15, 0.2) is 0 Å². The third-order valence-corrected chi connectivity index (χ3v) is 4.47. The molecule has 1 amide bonds. The van der Waals surface area contributed by atoms with Gasteiger partial charge >= 0.3 is 0 Å². The smallest absolute Gasteiger partial charge is 0.267 e. The topological polar surface area (TPSA) is 105 Å². The maximum Gasteiger partial charge on any atom is 0.267 e. The van der Waals surface area contributed by atoms with E-state index in [-0.39, 0.29) is 23.6 Å². The Hall–Kier alpha value is -2.60. The van der Waals surface area contributed by atoms with Crippen LogP contribution in [0.1, 0.15) is 40.8 Å². The lowest BCUT2D eigenvalue weighted by Gasteiger charge is -2.16. The first-order chi connectivity index (χ1) is 11.7. The highest BCUT2D eigenvalue weighted by Crippen LogP contribution is 2.22. The molecular weight excluding hydrogens is 328 g/mol. The molecule has 3 rings (SSSR count). The van der Waals surface area contributed by atoms with Crippen LogP contribution in [0.25, 0.3) is 0 Å². The van der Waals surface area contributed by atoms with Crippen LogP contribution in [-0.2, 0) is 6.42 Å². The van der Waals surface area contributed by atoms with Crippen molar-refractivity contribution in [3.8, 4) is 11.9 Å². The molecule has 1 unspecified atom stereocenters. The summed E-state index contributed by atoms with van der Waals surface area (Å²) in [5.74, 6) is 0.157. The quantitative estimate of drug-likeness (QED) is 0.808. The number of hydrogen-bond donors (Lipinski definition) is 0. The molecule has 0 bridgehead atoms. The van der Waals surface area contributed by atoms with Gasteiger partial charge in [-0.2, -0.15) is 5.26 Å².